The number of hydrogen-bond acceptors (Lipinski definition) is 7. The van der Waals surface area contributed by atoms with Gasteiger partial charge in [-0.2, -0.15) is 9.41 Å². The maximum atomic E-state index is 12.4. The number of rotatable bonds is 9. The molecule has 1 N–H and O–H groups in total. The number of sulfonamides is 1. The van der Waals surface area contributed by atoms with Gasteiger partial charge in [0, 0.05) is 30.9 Å². The van der Waals surface area contributed by atoms with Crippen molar-refractivity contribution in [2.45, 2.75) is 18.7 Å². The zero-order valence-electron chi connectivity index (χ0n) is 15.8. The Kier molecular flexibility index (Phi) is 7.14. The molecule has 2 aromatic rings. The summed E-state index contributed by atoms with van der Waals surface area (Å²) in [6, 6.07) is 8.45. The molecule has 0 saturated heterocycles. The number of hydrogen-bond donors (Lipinski definition) is 1. The second kappa shape index (κ2) is 9.33. The van der Waals surface area contributed by atoms with E-state index in [2.05, 4.69) is 15.5 Å². The lowest BCUT2D eigenvalue weighted by Gasteiger charge is -2.18. The molecule has 0 saturated carbocycles. The Morgan fingerprint density at radius 3 is 2.44 bits per heavy atom. The molecule has 0 amide bonds. The number of anilines is 1. The van der Waals surface area contributed by atoms with E-state index in [1.807, 2.05) is 6.07 Å². The molecule has 0 fully saturated rings. The normalized spacial score (nSPS) is 11.7. The Labute approximate surface area is 159 Å². The lowest BCUT2D eigenvalue weighted by atomic mass is 10.2. The van der Waals surface area contributed by atoms with E-state index in [4.69, 9.17) is 9.47 Å². The first-order valence-electron chi connectivity index (χ1n) is 8.43. The molecule has 0 unspecified atom stereocenters. The number of aromatic nitrogens is 1. The molecule has 8 nitrogen and oxygen atoms in total. The first kappa shape index (κ1) is 20.7. The van der Waals surface area contributed by atoms with Gasteiger partial charge in [-0.15, -0.1) is 0 Å². The van der Waals surface area contributed by atoms with Crippen LogP contribution in [0.4, 0.5) is 5.82 Å². The molecule has 0 aliphatic heterocycles. The second-order valence-corrected chi connectivity index (χ2v) is 7.38. The summed E-state index contributed by atoms with van der Waals surface area (Å²) in [6.45, 7) is 4.42. The van der Waals surface area contributed by atoms with E-state index in [-0.39, 0.29) is 4.90 Å². The fraction of sp³-hybridized carbons (Fsp3) is 0.333. The van der Waals surface area contributed by atoms with Crippen molar-refractivity contribution in [2.24, 2.45) is 5.10 Å². The topological polar surface area (TPSA) is 93.1 Å². The standard InChI is InChI=1S/C18H24N4O4S/c1-5-22(6-2)27(23,24)16-9-10-18(19-13-16)21-20-12-14-7-8-15(25-3)11-17(14)26-4/h7-13H,5-6H2,1-4H3,(H,19,21). The summed E-state index contributed by atoms with van der Waals surface area (Å²) in [7, 11) is -0.372. The van der Waals surface area contributed by atoms with Crippen molar-refractivity contribution in [3.8, 4) is 11.5 Å². The highest BCUT2D eigenvalue weighted by Crippen LogP contribution is 2.23. The van der Waals surface area contributed by atoms with Crippen LogP contribution >= 0.6 is 0 Å². The predicted molar refractivity (Wildman–Crippen MR) is 105 cm³/mol. The SMILES string of the molecule is CCN(CC)S(=O)(=O)c1ccc(NN=Cc2ccc(OC)cc2OC)nc1. The minimum absolute atomic E-state index is 0.151. The number of nitrogens with one attached hydrogen (secondary N) is 1. The van der Waals surface area contributed by atoms with Gasteiger partial charge < -0.3 is 9.47 Å². The molecule has 0 spiro atoms. The molecule has 2 rings (SSSR count). The summed E-state index contributed by atoms with van der Waals surface area (Å²) >= 11 is 0. The molecule has 146 valence electrons. The summed E-state index contributed by atoms with van der Waals surface area (Å²) in [5.41, 5.74) is 3.53. The number of nitrogens with zero attached hydrogens (tertiary/aromatic N) is 3. The van der Waals surface area contributed by atoms with Gasteiger partial charge in [-0.05, 0) is 24.3 Å². The van der Waals surface area contributed by atoms with Crippen LogP contribution in [0.15, 0.2) is 46.5 Å². The maximum Gasteiger partial charge on any atom is 0.244 e. The Morgan fingerprint density at radius 2 is 1.89 bits per heavy atom. The molecule has 1 heterocycles. The van der Waals surface area contributed by atoms with Gasteiger partial charge in [-0.1, -0.05) is 13.8 Å². The quantitative estimate of drug-likeness (QED) is 0.521. The zero-order chi connectivity index (χ0) is 19.9. The average Bonchev–Trinajstić information content (AvgIpc) is 2.69. The molecule has 0 aliphatic carbocycles. The van der Waals surface area contributed by atoms with Crippen molar-refractivity contribution in [1.29, 1.82) is 0 Å². The molecule has 9 heteroatoms. The number of benzene rings is 1. The van der Waals surface area contributed by atoms with Crippen LogP contribution in [0.5, 0.6) is 11.5 Å². The third-order valence-electron chi connectivity index (χ3n) is 3.90. The molecule has 1 aromatic heterocycles. The lowest BCUT2D eigenvalue weighted by Crippen LogP contribution is -2.30. The van der Waals surface area contributed by atoms with Gasteiger partial charge in [0.2, 0.25) is 10.0 Å². The minimum atomic E-state index is -3.52. The van der Waals surface area contributed by atoms with E-state index < -0.39 is 10.0 Å². The number of pyridine rings is 1. The van der Waals surface area contributed by atoms with Crippen LogP contribution in [0, 0.1) is 0 Å². The Hall–Kier alpha value is -2.65. The summed E-state index contributed by atoms with van der Waals surface area (Å²) in [5, 5.41) is 4.12. The van der Waals surface area contributed by atoms with Crippen LogP contribution in [0.1, 0.15) is 19.4 Å². The summed E-state index contributed by atoms with van der Waals surface area (Å²) in [6.07, 6.45) is 2.90. The van der Waals surface area contributed by atoms with Crippen molar-refractivity contribution in [3.63, 3.8) is 0 Å². The highest BCUT2D eigenvalue weighted by molar-refractivity contribution is 7.89. The van der Waals surface area contributed by atoms with Crippen LogP contribution in [0.25, 0.3) is 0 Å². The molecule has 0 aliphatic rings. The Balaban J connectivity index is 2.10. The number of methoxy groups -OCH3 is 2. The summed E-state index contributed by atoms with van der Waals surface area (Å²) in [4.78, 5) is 4.27. The highest BCUT2D eigenvalue weighted by Gasteiger charge is 2.21. The van der Waals surface area contributed by atoms with Crippen LogP contribution < -0.4 is 14.9 Å². The number of ether oxygens (including phenoxy) is 2. The summed E-state index contributed by atoms with van der Waals surface area (Å²) in [5.74, 6) is 1.73. The molecule has 1 aromatic carbocycles. The third kappa shape index (κ3) is 4.95. The van der Waals surface area contributed by atoms with Crippen molar-refractivity contribution in [2.75, 3.05) is 32.7 Å². The van der Waals surface area contributed by atoms with E-state index in [9.17, 15) is 8.42 Å². The first-order valence-corrected chi connectivity index (χ1v) is 9.87. The monoisotopic (exact) mass is 392 g/mol. The van der Waals surface area contributed by atoms with E-state index >= 15 is 0 Å². The largest absolute Gasteiger partial charge is 0.497 e. The van der Waals surface area contributed by atoms with Gasteiger partial charge in [0.05, 0.1) is 20.4 Å². The number of hydrazone groups is 1. The third-order valence-corrected chi connectivity index (χ3v) is 5.94. The van der Waals surface area contributed by atoms with Gasteiger partial charge >= 0.3 is 0 Å². The zero-order valence-corrected chi connectivity index (χ0v) is 16.7. The van der Waals surface area contributed by atoms with Crippen molar-refractivity contribution < 1.29 is 17.9 Å². The summed E-state index contributed by atoms with van der Waals surface area (Å²) < 4.78 is 36.7. The highest BCUT2D eigenvalue weighted by atomic mass is 32.2. The van der Waals surface area contributed by atoms with Gasteiger partial charge in [-0.25, -0.2) is 13.4 Å². The smallest absolute Gasteiger partial charge is 0.244 e. The molecule has 0 bridgehead atoms. The van der Waals surface area contributed by atoms with Crippen molar-refractivity contribution in [1.82, 2.24) is 9.29 Å². The van der Waals surface area contributed by atoms with Gasteiger partial charge in [0.25, 0.3) is 0 Å². The van der Waals surface area contributed by atoms with Crippen LogP contribution in [0.2, 0.25) is 0 Å². The first-order chi connectivity index (χ1) is 13.0. The minimum Gasteiger partial charge on any atom is -0.497 e. The maximum absolute atomic E-state index is 12.4. The van der Waals surface area contributed by atoms with E-state index in [1.54, 1.807) is 52.5 Å². The molecule has 0 atom stereocenters. The van der Waals surface area contributed by atoms with Crippen molar-refractivity contribution >= 4 is 22.1 Å². The second-order valence-electron chi connectivity index (χ2n) is 5.45. The van der Waals surface area contributed by atoms with Gasteiger partial charge in [0.1, 0.15) is 22.2 Å². The van der Waals surface area contributed by atoms with Crippen LogP contribution in [-0.2, 0) is 10.0 Å². The molecular formula is C18H24N4O4S. The molecule has 0 radical (unpaired) electrons. The van der Waals surface area contributed by atoms with Crippen molar-refractivity contribution in [3.05, 3.63) is 42.1 Å². The van der Waals surface area contributed by atoms with Crippen LogP contribution in [0.3, 0.4) is 0 Å². The van der Waals surface area contributed by atoms with Crippen LogP contribution in [-0.4, -0.2) is 51.2 Å². The average molecular weight is 392 g/mol. The fourth-order valence-electron chi connectivity index (χ4n) is 2.40. The molecule has 27 heavy (non-hydrogen) atoms. The Bertz CT molecular complexity index is 879. The lowest BCUT2D eigenvalue weighted by molar-refractivity contribution is 0.394. The van der Waals surface area contributed by atoms with E-state index in [1.165, 1.54) is 16.6 Å². The van der Waals surface area contributed by atoms with E-state index in [0.29, 0.717) is 30.4 Å². The Morgan fingerprint density at radius 1 is 1.15 bits per heavy atom. The van der Waals surface area contributed by atoms with E-state index in [0.717, 1.165) is 5.56 Å². The molecular weight excluding hydrogens is 368 g/mol. The fourth-order valence-corrected chi connectivity index (χ4v) is 3.81. The predicted octanol–water partition coefficient (Wildman–Crippen LogP) is 2.58. The van der Waals surface area contributed by atoms with Gasteiger partial charge in [-0.3, -0.25) is 5.43 Å². The van der Waals surface area contributed by atoms with Gasteiger partial charge in [0.15, 0.2) is 0 Å².